The minimum absolute atomic E-state index is 0.0827. The number of carbonyl (C=O) groups is 1. The third kappa shape index (κ3) is 3.66. The summed E-state index contributed by atoms with van der Waals surface area (Å²) in [5.74, 6) is 0.343. The van der Waals surface area contributed by atoms with Crippen molar-refractivity contribution in [2.45, 2.75) is 24.6 Å². The normalized spacial score (nSPS) is 19.7. The van der Waals surface area contributed by atoms with Crippen LogP contribution in [-0.2, 0) is 0 Å². The van der Waals surface area contributed by atoms with Crippen molar-refractivity contribution in [2.24, 2.45) is 5.92 Å². The molecule has 2 rings (SSSR count). The van der Waals surface area contributed by atoms with Crippen molar-refractivity contribution in [1.29, 1.82) is 0 Å². The highest BCUT2D eigenvalue weighted by atomic mass is 79.9. The summed E-state index contributed by atoms with van der Waals surface area (Å²) in [6.45, 7) is 5.12. The van der Waals surface area contributed by atoms with E-state index in [9.17, 15) is 4.79 Å². The molecule has 1 aliphatic rings. The molecular weight excluding hydrogens is 290 g/mol. The molecule has 0 aromatic heterocycles. The van der Waals surface area contributed by atoms with Gasteiger partial charge < -0.3 is 4.90 Å². The number of benzene rings is 1. The van der Waals surface area contributed by atoms with Crippen LogP contribution in [0.2, 0.25) is 0 Å². The molecular formula is C15H20BrNO. The van der Waals surface area contributed by atoms with Crippen LogP contribution in [0.25, 0.3) is 0 Å². The van der Waals surface area contributed by atoms with Gasteiger partial charge in [0.2, 0.25) is 0 Å². The lowest BCUT2D eigenvalue weighted by molar-refractivity contribution is 0.0885. The van der Waals surface area contributed by atoms with Crippen LogP contribution in [-0.4, -0.2) is 35.1 Å². The molecule has 1 aliphatic heterocycles. The molecule has 1 aromatic carbocycles. The molecule has 0 N–H and O–H groups in total. The Balaban J connectivity index is 1.88. The van der Waals surface area contributed by atoms with E-state index in [1.165, 1.54) is 12.8 Å². The van der Waals surface area contributed by atoms with E-state index >= 15 is 0 Å². The Morgan fingerprint density at radius 2 is 1.94 bits per heavy atom. The fourth-order valence-electron chi connectivity index (χ4n) is 2.44. The van der Waals surface area contributed by atoms with E-state index in [-0.39, 0.29) is 11.7 Å². The fourth-order valence-corrected chi connectivity index (χ4v) is 2.85. The molecule has 1 atom stereocenters. The average molecular weight is 310 g/mol. The van der Waals surface area contributed by atoms with Crippen molar-refractivity contribution in [3.05, 3.63) is 35.9 Å². The maximum atomic E-state index is 12.2. The monoisotopic (exact) mass is 309 g/mol. The van der Waals surface area contributed by atoms with Gasteiger partial charge in [0.25, 0.3) is 0 Å². The summed E-state index contributed by atoms with van der Waals surface area (Å²) in [5.41, 5.74) is 0.834. The molecule has 0 aliphatic carbocycles. The number of carbonyl (C=O) groups excluding carboxylic acids is 1. The molecule has 1 heterocycles. The lowest BCUT2D eigenvalue weighted by Gasteiger charge is -2.31. The van der Waals surface area contributed by atoms with Gasteiger partial charge >= 0.3 is 0 Å². The fraction of sp³-hybridized carbons (Fsp3) is 0.533. The first-order valence-corrected chi connectivity index (χ1v) is 7.54. The zero-order valence-electron chi connectivity index (χ0n) is 10.8. The van der Waals surface area contributed by atoms with Crippen molar-refractivity contribution >= 4 is 21.7 Å². The van der Waals surface area contributed by atoms with Crippen LogP contribution >= 0.6 is 15.9 Å². The van der Waals surface area contributed by atoms with E-state index in [1.54, 1.807) is 0 Å². The lowest BCUT2D eigenvalue weighted by Crippen LogP contribution is -2.38. The highest BCUT2D eigenvalue weighted by Gasteiger charge is 2.22. The van der Waals surface area contributed by atoms with Crippen LogP contribution in [0.5, 0.6) is 0 Å². The molecule has 2 nitrogen and oxygen atoms in total. The first-order chi connectivity index (χ1) is 8.66. The number of rotatable bonds is 4. The van der Waals surface area contributed by atoms with Gasteiger partial charge in [-0.25, -0.2) is 0 Å². The molecule has 0 saturated carbocycles. The molecule has 1 unspecified atom stereocenters. The summed E-state index contributed by atoms with van der Waals surface area (Å²) in [6, 6.07) is 9.61. The van der Waals surface area contributed by atoms with Crippen LogP contribution in [0.3, 0.4) is 0 Å². The summed E-state index contributed by atoms with van der Waals surface area (Å²) < 4.78 is 0. The Morgan fingerprint density at radius 1 is 1.33 bits per heavy atom. The van der Waals surface area contributed by atoms with Gasteiger partial charge in [-0.15, -0.1) is 0 Å². The van der Waals surface area contributed by atoms with E-state index in [4.69, 9.17) is 0 Å². The Hall–Kier alpha value is -0.670. The first-order valence-electron chi connectivity index (χ1n) is 6.62. The van der Waals surface area contributed by atoms with Gasteiger partial charge in [-0.05, 0) is 25.9 Å². The number of piperidine rings is 1. The maximum absolute atomic E-state index is 12.2. The van der Waals surface area contributed by atoms with Crippen molar-refractivity contribution in [2.75, 3.05) is 19.6 Å². The summed E-state index contributed by atoms with van der Waals surface area (Å²) in [6.07, 6.45) is 2.37. The zero-order chi connectivity index (χ0) is 13.0. The summed E-state index contributed by atoms with van der Waals surface area (Å²) in [4.78, 5) is 15.3. The second-order valence-corrected chi connectivity index (χ2v) is 6.40. The van der Waals surface area contributed by atoms with Crippen LogP contribution < -0.4 is 0 Å². The van der Waals surface area contributed by atoms with Gasteiger partial charge in [-0.1, -0.05) is 53.2 Å². The molecule has 98 valence electrons. The Bertz CT molecular complexity index is 385. The molecule has 1 fully saturated rings. The minimum Gasteiger partial charge on any atom is -0.303 e. The van der Waals surface area contributed by atoms with Gasteiger partial charge in [-0.3, -0.25) is 4.79 Å². The van der Waals surface area contributed by atoms with Gasteiger partial charge in [0.1, 0.15) is 0 Å². The van der Waals surface area contributed by atoms with E-state index in [2.05, 4.69) is 20.8 Å². The van der Waals surface area contributed by atoms with Crippen molar-refractivity contribution in [1.82, 2.24) is 4.90 Å². The zero-order valence-corrected chi connectivity index (χ0v) is 12.4. The number of likely N-dealkylation sites (tertiary alicyclic amines) is 1. The first kappa shape index (κ1) is 13.8. The number of alkyl halides is 1. The highest BCUT2D eigenvalue weighted by Crippen LogP contribution is 2.19. The molecule has 3 heteroatoms. The quantitative estimate of drug-likeness (QED) is 0.628. The predicted octanol–water partition coefficient (Wildman–Crippen LogP) is 3.36. The topological polar surface area (TPSA) is 20.3 Å². The maximum Gasteiger partial charge on any atom is 0.166 e. The van der Waals surface area contributed by atoms with Crippen LogP contribution in [0, 0.1) is 5.92 Å². The van der Waals surface area contributed by atoms with Crippen LogP contribution in [0.1, 0.15) is 30.1 Å². The Morgan fingerprint density at radius 3 is 2.56 bits per heavy atom. The SMILES string of the molecule is CC(CN1CCC(Br)CC1)C(=O)c1ccccc1. The van der Waals surface area contributed by atoms with Crippen LogP contribution in [0.15, 0.2) is 30.3 Å². The number of halogens is 1. The second kappa shape index (κ2) is 6.48. The van der Waals surface area contributed by atoms with Crippen LogP contribution in [0.4, 0.5) is 0 Å². The minimum atomic E-state index is 0.0827. The molecule has 1 aromatic rings. The van der Waals surface area contributed by atoms with Crippen molar-refractivity contribution in [3.8, 4) is 0 Å². The number of Topliss-reactive ketones (excluding diaryl/α,β-unsaturated/α-hetero) is 1. The predicted molar refractivity (Wildman–Crippen MR) is 78.3 cm³/mol. The third-order valence-corrected chi connectivity index (χ3v) is 4.47. The summed E-state index contributed by atoms with van der Waals surface area (Å²) in [7, 11) is 0. The number of nitrogens with zero attached hydrogens (tertiary/aromatic N) is 1. The number of hydrogen-bond acceptors (Lipinski definition) is 2. The highest BCUT2D eigenvalue weighted by molar-refractivity contribution is 9.09. The molecule has 0 amide bonds. The molecule has 0 spiro atoms. The standard InChI is InChI=1S/C15H20BrNO/c1-12(11-17-9-7-14(16)8-10-17)15(18)13-5-3-2-4-6-13/h2-6,12,14H,7-11H2,1H3. The average Bonchev–Trinajstić information content (AvgIpc) is 2.41. The second-order valence-electron chi connectivity index (χ2n) is 5.11. The van der Waals surface area contributed by atoms with Gasteiger partial charge in [0.05, 0.1) is 0 Å². The van der Waals surface area contributed by atoms with Gasteiger partial charge in [0, 0.05) is 22.9 Å². The van der Waals surface area contributed by atoms with Crippen molar-refractivity contribution in [3.63, 3.8) is 0 Å². The largest absolute Gasteiger partial charge is 0.303 e. The lowest BCUT2D eigenvalue weighted by atomic mass is 9.98. The Labute approximate surface area is 117 Å². The Kier molecular flexibility index (Phi) is 4.95. The van der Waals surface area contributed by atoms with E-state index in [0.717, 1.165) is 25.2 Å². The number of hydrogen-bond donors (Lipinski definition) is 0. The summed E-state index contributed by atoms with van der Waals surface area (Å²) in [5, 5.41) is 0. The van der Waals surface area contributed by atoms with Gasteiger partial charge in [0.15, 0.2) is 5.78 Å². The van der Waals surface area contributed by atoms with Crippen molar-refractivity contribution < 1.29 is 4.79 Å². The van der Waals surface area contributed by atoms with Gasteiger partial charge in [-0.2, -0.15) is 0 Å². The molecule has 1 saturated heterocycles. The third-order valence-electron chi connectivity index (χ3n) is 3.56. The molecule has 18 heavy (non-hydrogen) atoms. The van der Waals surface area contributed by atoms with E-state index in [0.29, 0.717) is 4.83 Å². The van der Waals surface area contributed by atoms with E-state index < -0.39 is 0 Å². The number of ketones is 1. The molecule has 0 radical (unpaired) electrons. The van der Waals surface area contributed by atoms with E-state index in [1.807, 2.05) is 37.3 Å². The smallest absolute Gasteiger partial charge is 0.166 e. The molecule has 0 bridgehead atoms. The summed E-state index contributed by atoms with van der Waals surface area (Å²) >= 11 is 3.65.